The van der Waals surface area contributed by atoms with Crippen LogP contribution in [0.5, 0.6) is 0 Å². The fourth-order valence-corrected chi connectivity index (χ4v) is 1.83. The number of aryl methyl sites for hydroxylation is 1. The Kier molecular flexibility index (Phi) is 2.85. The lowest BCUT2D eigenvalue weighted by Gasteiger charge is -2.18. The van der Waals surface area contributed by atoms with E-state index in [1.54, 1.807) is 24.1 Å². The van der Waals surface area contributed by atoms with Crippen LogP contribution in [-0.4, -0.2) is 29.8 Å². The molecule has 1 unspecified atom stereocenters. The number of hydrogen-bond acceptors (Lipinski definition) is 4. The summed E-state index contributed by atoms with van der Waals surface area (Å²) < 4.78 is 6.52. The van der Waals surface area contributed by atoms with Crippen molar-refractivity contribution in [2.45, 2.75) is 6.04 Å². The molecule has 0 aliphatic heterocycles. The maximum absolute atomic E-state index is 11.3. The number of carbonyl (C=O) groups is 1. The smallest absolute Gasteiger partial charge is 0.408 e. The van der Waals surface area contributed by atoms with Gasteiger partial charge in [0.2, 0.25) is 0 Å². The van der Waals surface area contributed by atoms with Gasteiger partial charge in [-0.05, 0) is 31.8 Å². The summed E-state index contributed by atoms with van der Waals surface area (Å²) in [4.78, 5) is 24.2. The molecule has 0 amide bonds. The van der Waals surface area contributed by atoms with Gasteiger partial charge in [0.25, 0.3) is 0 Å². The van der Waals surface area contributed by atoms with Crippen LogP contribution >= 0.6 is 0 Å². The molecule has 0 spiro atoms. The zero-order chi connectivity index (χ0) is 12.6. The van der Waals surface area contributed by atoms with Crippen LogP contribution in [-0.2, 0) is 11.8 Å². The molecule has 0 fully saturated rings. The van der Waals surface area contributed by atoms with E-state index in [4.69, 9.17) is 4.42 Å². The first kappa shape index (κ1) is 11.6. The average Bonchev–Trinajstić information content (AvgIpc) is 2.55. The van der Waals surface area contributed by atoms with Crippen molar-refractivity contribution in [3.8, 4) is 0 Å². The van der Waals surface area contributed by atoms with E-state index in [-0.39, 0.29) is 6.04 Å². The van der Waals surface area contributed by atoms with Gasteiger partial charge in [0.15, 0.2) is 5.58 Å². The Hall–Kier alpha value is -1.88. The summed E-state index contributed by atoms with van der Waals surface area (Å²) in [6.07, 6.45) is 0.863. The van der Waals surface area contributed by atoms with E-state index in [0.717, 1.165) is 17.4 Å². The molecule has 0 N–H and O–H groups in total. The number of fused-ring (bicyclic) bond motifs is 1. The molecule has 1 atom stereocenters. The van der Waals surface area contributed by atoms with Gasteiger partial charge in [-0.3, -0.25) is 9.47 Å². The van der Waals surface area contributed by atoms with E-state index in [9.17, 15) is 9.59 Å². The van der Waals surface area contributed by atoms with Gasteiger partial charge in [-0.15, -0.1) is 0 Å². The van der Waals surface area contributed by atoms with Crippen LogP contribution in [0.4, 0.5) is 0 Å². The minimum atomic E-state index is -0.398. The van der Waals surface area contributed by atoms with Crippen molar-refractivity contribution >= 4 is 17.4 Å². The van der Waals surface area contributed by atoms with E-state index in [0.29, 0.717) is 5.58 Å². The fourth-order valence-electron chi connectivity index (χ4n) is 1.83. The van der Waals surface area contributed by atoms with Gasteiger partial charge in [-0.25, -0.2) is 4.79 Å². The number of benzene rings is 1. The highest BCUT2D eigenvalue weighted by atomic mass is 16.4. The summed E-state index contributed by atoms with van der Waals surface area (Å²) >= 11 is 0. The Labute approximate surface area is 98.2 Å². The molecule has 0 aliphatic rings. The van der Waals surface area contributed by atoms with E-state index < -0.39 is 5.76 Å². The minimum absolute atomic E-state index is 0.329. The third-order valence-corrected chi connectivity index (χ3v) is 2.84. The topological polar surface area (TPSA) is 55.5 Å². The molecule has 2 rings (SSSR count). The molecule has 0 aliphatic carbocycles. The normalized spacial score (nSPS) is 13.2. The highest BCUT2D eigenvalue weighted by Gasteiger charge is 2.15. The first-order chi connectivity index (χ1) is 8.04. The second kappa shape index (κ2) is 4.18. The molecule has 5 nitrogen and oxygen atoms in total. The molecular formula is C12H14N2O3. The third-order valence-electron chi connectivity index (χ3n) is 2.84. The number of aldehydes is 1. The molecule has 5 heteroatoms. The van der Waals surface area contributed by atoms with Crippen LogP contribution in [0.25, 0.3) is 11.1 Å². The summed E-state index contributed by atoms with van der Waals surface area (Å²) in [6.45, 7) is 0. The molecule has 0 bridgehead atoms. The first-order valence-corrected chi connectivity index (χ1v) is 5.26. The number of carbonyl (C=O) groups excluding carboxylic acids is 1. The molecule has 0 saturated heterocycles. The molecule has 17 heavy (non-hydrogen) atoms. The molecule has 90 valence electrons. The Morgan fingerprint density at radius 1 is 1.41 bits per heavy atom. The second-order valence-corrected chi connectivity index (χ2v) is 4.20. The zero-order valence-corrected chi connectivity index (χ0v) is 10.0. The second-order valence-electron chi connectivity index (χ2n) is 4.20. The van der Waals surface area contributed by atoms with Crippen LogP contribution in [0.2, 0.25) is 0 Å². The van der Waals surface area contributed by atoms with Crippen molar-refractivity contribution in [2.75, 3.05) is 14.1 Å². The summed E-state index contributed by atoms with van der Waals surface area (Å²) in [5.41, 5.74) is 2.04. The number of rotatable bonds is 3. The molecule has 2 aromatic rings. The number of hydrogen-bond donors (Lipinski definition) is 0. The lowest BCUT2D eigenvalue weighted by Crippen LogP contribution is -2.20. The summed E-state index contributed by atoms with van der Waals surface area (Å²) in [6, 6.07) is 5.02. The predicted molar refractivity (Wildman–Crippen MR) is 63.9 cm³/mol. The Bertz CT molecular complexity index is 610. The van der Waals surface area contributed by atoms with Crippen molar-refractivity contribution in [1.82, 2.24) is 9.47 Å². The van der Waals surface area contributed by atoms with E-state index in [2.05, 4.69) is 0 Å². The van der Waals surface area contributed by atoms with Crippen molar-refractivity contribution < 1.29 is 9.21 Å². The molecule has 1 aromatic carbocycles. The average molecular weight is 234 g/mol. The SMILES string of the molecule is CN(C)C(C=O)c1ccc2c(c1)oc(=O)n2C. The molecule has 1 aromatic heterocycles. The van der Waals surface area contributed by atoms with Crippen LogP contribution < -0.4 is 5.76 Å². The Balaban J connectivity index is 2.58. The standard InChI is InChI=1S/C12H14N2O3/c1-13(2)10(7-15)8-4-5-9-11(6-8)17-12(16)14(9)3/h4-7,10H,1-3H3. The maximum Gasteiger partial charge on any atom is 0.419 e. The van der Waals surface area contributed by atoms with Crippen molar-refractivity contribution in [1.29, 1.82) is 0 Å². The van der Waals surface area contributed by atoms with Gasteiger partial charge in [-0.2, -0.15) is 0 Å². The fraction of sp³-hybridized carbons (Fsp3) is 0.333. The summed E-state index contributed by atoms with van der Waals surface area (Å²) in [5, 5.41) is 0. The number of nitrogens with zero attached hydrogens (tertiary/aromatic N) is 2. The molecular weight excluding hydrogens is 220 g/mol. The quantitative estimate of drug-likeness (QED) is 0.741. The van der Waals surface area contributed by atoms with Gasteiger partial charge in [-0.1, -0.05) is 6.07 Å². The minimum Gasteiger partial charge on any atom is -0.408 e. The van der Waals surface area contributed by atoms with Crippen LogP contribution in [0, 0.1) is 0 Å². The third kappa shape index (κ3) is 1.89. The lowest BCUT2D eigenvalue weighted by molar-refractivity contribution is -0.111. The number of likely N-dealkylation sites (N-methyl/N-ethyl adjacent to an activating group) is 1. The number of aromatic nitrogens is 1. The lowest BCUT2D eigenvalue weighted by atomic mass is 10.1. The number of oxazole rings is 1. The van der Waals surface area contributed by atoms with Gasteiger partial charge >= 0.3 is 5.76 Å². The monoisotopic (exact) mass is 234 g/mol. The maximum atomic E-state index is 11.3. The van der Waals surface area contributed by atoms with Crippen LogP contribution in [0.3, 0.4) is 0 Å². The highest BCUT2D eigenvalue weighted by molar-refractivity contribution is 5.75. The molecule has 0 saturated carbocycles. The van der Waals surface area contributed by atoms with E-state index >= 15 is 0 Å². The van der Waals surface area contributed by atoms with Crippen LogP contribution in [0.15, 0.2) is 27.4 Å². The van der Waals surface area contributed by atoms with Crippen molar-refractivity contribution in [3.63, 3.8) is 0 Å². The highest BCUT2D eigenvalue weighted by Crippen LogP contribution is 2.21. The van der Waals surface area contributed by atoms with Gasteiger partial charge in [0.05, 0.1) is 11.6 Å². The predicted octanol–water partition coefficient (Wildman–Crippen LogP) is 0.933. The van der Waals surface area contributed by atoms with E-state index in [1.807, 2.05) is 20.2 Å². The Morgan fingerprint density at radius 2 is 2.12 bits per heavy atom. The largest absolute Gasteiger partial charge is 0.419 e. The van der Waals surface area contributed by atoms with Gasteiger partial charge in [0, 0.05) is 7.05 Å². The van der Waals surface area contributed by atoms with Gasteiger partial charge < -0.3 is 9.21 Å². The van der Waals surface area contributed by atoms with Crippen LogP contribution in [0.1, 0.15) is 11.6 Å². The molecule has 0 radical (unpaired) electrons. The molecule has 1 heterocycles. The van der Waals surface area contributed by atoms with Crippen molar-refractivity contribution in [2.24, 2.45) is 7.05 Å². The summed E-state index contributed by atoms with van der Waals surface area (Å²) in [5.74, 6) is -0.398. The first-order valence-electron chi connectivity index (χ1n) is 5.26. The summed E-state index contributed by atoms with van der Waals surface area (Å²) in [7, 11) is 5.30. The Morgan fingerprint density at radius 3 is 2.71 bits per heavy atom. The van der Waals surface area contributed by atoms with Crippen molar-refractivity contribution in [3.05, 3.63) is 34.3 Å². The zero-order valence-electron chi connectivity index (χ0n) is 10.0. The van der Waals surface area contributed by atoms with E-state index in [1.165, 1.54) is 4.57 Å². The van der Waals surface area contributed by atoms with Gasteiger partial charge in [0.1, 0.15) is 6.29 Å².